The second kappa shape index (κ2) is 12.8. The summed E-state index contributed by atoms with van der Waals surface area (Å²) in [7, 11) is 0. The van der Waals surface area contributed by atoms with Crippen LogP contribution in [0.3, 0.4) is 0 Å². The molecule has 3 N–H and O–H groups in total. The van der Waals surface area contributed by atoms with Gasteiger partial charge in [-0.05, 0) is 68.0 Å². The molecular formula is C24H29ClN2O4. The van der Waals surface area contributed by atoms with E-state index < -0.39 is 12.1 Å². The molecule has 0 amide bonds. The first-order valence-corrected chi connectivity index (χ1v) is 10.7. The molecule has 0 bridgehead atoms. The lowest BCUT2D eigenvalue weighted by atomic mass is 10.0. The number of aromatic nitrogens is 1. The zero-order valence-corrected chi connectivity index (χ0v) is 18.6. The van der Waals surface area contributed by atoms with Gasteiger partial charge in [0, 0.05) is 10.7 Å². The highest BCUT2D eigenvalue weighted by Crippen LogP contribution is 2.25. The average molecular weight is 445 g/mol. The van der Waals surface area contributed by atoms with Gasteiger partial charge < -0.3 is 9.84 Å². The number of hydrogen-bond donors (Lipinski definition) is 3. The van der Waals surface area contributed by atoms with Crippen LogP contribution in [-0.2, 0) is 4.79 Å². The number of carbonyl (C=O) groups is 1. The number of hydrogen-bond acceptors (Lipinski definition) is 5. The van der Waals surface area contributed by atoms with E-state index in [9.17, 15) is 15.1 Å². The largest absolute Gasteiger partial charge is 0.486 e. The maximum absolute atomic E-state index is 11.2. The summed E-state index contributed by atoms with van der Waals surface area (Å²) in [6.45, 7) is 3.88. The number of ether oxygens (including phenoxy) is 1. The summed E-state index contributed by atoms with van der Waals surface area (Å²) in [6, 6.07) is 11.1. The first-order valence-electron chi connectivity index (χ1n) is 10.3. The average Bonchev–Trinajstić information content (AvgIpc) is 2.74. The molecule has 0 saturated heterocycles. The van der Waals surface area contributed by atoms with E-state index in [1.807, 2.05) is 29.7 Å². The number of halogens is 1. The molecular weight excluding hydrogens is 416 g/mol. The van der Waals surface area contributed by atoms with Gasteiger partial charge in [0.25, 0.3) is 0 Å². The molecule has 1 aromatic heterocycles. The first kappa shape index (κ1) is 24.4. The molecule has 7 heteroatoms. The van der Waals surface area contributed by atoms with E-state index in [1.54, 1.807) is 19.1 Å². The molecule has 6 nitrogen and oxygen atoms in total. The number of aryl methyl sites for hydroxylation is 1. The van der Waals surface area contributed by atoms with Crippen molar-refractivity contribution >= 4 is 29.0 Å². The quantitative estimate of drug-likeness (QED) is 0.202. The number of rotatable bonds is 12. The zero-order chi connectivity index (χ0) is 22.6. The van der Waals surface area contributed by atoms with Crippen LogP contribution in [0.1, 0.15) is 50.3 Å². The molecule has 1 unspecified atom stereocenters. The van der Waals surface area contributed by atoms with Gasteiger partial charge in [-0.1, -0.05) is 48.9 Å². The Morgan fingerprint density at radius 1 is 1.26 bits per heavy atom. The number of unbranched alkanes of at least 4 members (excludes halogenated alkanes) is 1. The highest BCUT2D eigenvalue weighted by atomic mass is 35.5. The van der Waals surface area contributed by atoms with Gasteiger partial charge in [-0.3, -0.25) is 10.0 Å². The lowest BCUT2D eigenvalue weighted by Gasteiger charge is -2.19. The van der Waals surface area contributed by atoms with Crippen molar-refractivity contribution < 1.29 is 19.8 Å². The van der Waals surface area contributed by atoms with Gasteiger partial charge in [-0.2, -0.15) is 0 Å². The number of benzene rings is 1. The zero-order valence-electron chi connectivity index (χ0n) is 17.8. The van der Waals surface area contributed by atoms with Crippen LogP contribution in [0.2, 0.25) is 5.02 Å². The Labute approximate surface area is 188 Å². The van der Waals surface area contributed by atoms with Crippen molar-refractivity contribution in [3.8, 4) is 5.75 Å². The van der Waals surface area contributed by atoms with Crippen LogP contribution >= 0.6 is 11.6 Å². The van der Waals surface area contributed by atoms with Gasteiger partial charge in [-0.25, -0.2) is 10.5 Å². The summed E-state index contributed by atoms with van der Waals surface area (Å²) in [5, 5.41) is 19.2. The van der Waals surface area contributed by atoms with Gasteiger partial charge in [0.2, 0.25) is 0 Å². The molecule has 1 heterocycles. The summed E-state index contributed by atoms with van der Waals surface area (Å²) in [6.07, 6.45) is 8.69. The number of aliphatic carboxylic acids is 1. The van der Waals surface area contributed by atoms with Crippen LogP contribution in [0, 0.1) is 6.92 Å². The van der Waals surface area contributed by atoms with E-state index in [0.29, 0.717) is 22.9 Å². The van der Waals surface area contributed by atoms with E-state index >= 15 is 0 Å². The van der Waals surface area contributed by atoms with Gasteiger partial charge in [0.1, 0.15) is 6.10 Å². The van der Waals surface area contributed by atoms with E-state index in [1.165, 1.54) is 0 Å². The molecule has 1 atom stereocenters. The molecule has 31 heavy (non-hydrogen) atoms. The summed E-state index contributed by atoms with van der Waals surface area (Å²) in [5.74, 6) is -0.437. The minimum atomic E-state index is -0.935. The number of nitrogens with one attached hydrogen (secondary N) is 1. The molecule has 2 aromatic rings. The number of carboxylic acids is 1. The number of nitrogens with zero attached hydrogens (tertiary/aromatic N) is 1. The number of allylic oxidation sites excluding steroid dienone is 4. The molecule has 0 aliphatic heterocycles. The smallest absolute Gasteiger partial charge is 0.307 e. The van der Waals surface area contributed by atoms with Gasteiger partial charge in [0.05, 0.1) is 6.42 Å². The van der Waals surface area contributed by atoms with Gasteiger partial charge >= 0.3 is 5.97 Å². The Bertz CT molecular complexity index is 910. The molecule has 0 saturated carbocycles. The first-order chi connectivity index (χ1) is 14.9. The monoisotopic (exact) mass is 444 g/mol. The second-order valence-electron chi connectivity index (χ2n) is 7.16. The summed E-state index contributed by atoms with van der Waals surface area (Å²) in [4.78, 5) is 15.4. The summed E-state index contributed by atoms with van der Waals surface area (Å²) in [5.41, 5.74) is 4.94. The fourth-order valence-electron chi connectivity index (χ4n) is 3.11. The second-order valence-corrected chi connectivity index (χ2v) is 7.59. The predicted molar refractivity (Wildman–Crippen MR) is 124 cm³/mol. The highest BCUT2D eigenvalue weighted by Gasteiger charge is 2.17. The third-order valence-electron chi connectivity index (χ3n) is 4.60. The van der Waals surface area contributed by atoms with Crippen molar-refractivity contribution in [2.24, 2.45) is 0 Å². The van der Waals surface area contributed by atoms with Crippen LogP contribution in [0.5, 0.6) is 5.75 Å². The molecule has 166 valence electrons. The topological polar surface area (TPSA) is 91.7 Å². The van der Waals surface area contributed by atoms with E-state index in [4.69, 9.17) is 16.3 Å². The van der Waals surface area contributed by atoms with Crippen molar-refractivity contribution in [3.05, 3.63) is 70.9 Å². The minimum absolute atomic E-state index is 0.131. The maximum atomic E-state index is 11.2. The minimum Gasteiger partial charge on any atom is -0.486 e. The van der Waals surface area contributed by atoms with E-state index in [-0.39, 0.29) is 12.2 Å². The molecule has 2 rings (SSSR count). The maximum Gasteiger partial charge on any atom is 0.307 e. The van der Waals surface area contributed by atoms with Crippen LogP contribution in [0.15, 0.2) is 54.6 Å². The van der Waals surface area contributed by atoms with Crippen molar-refractivity contribution in [3.63, 3.8) is 0 Å². The SMILES string of the molecule is CC/C=C(\C=C/CCCC(CC(=O)O)Oc1ccc(C)nc1NO)c1ccc(Cl)cc1. The summed E-state index contributed by atoms with van der Waals surface area (Å²) >= 11 is 5.98. The van der Waals surface area contributed by atoms with Crippen LogP contribution < -0.4 is 10.2 Å². The molecule has 0 aliphatic rings. The Morgan fingerprint density at radius 3 is 2.65 bits per heavy atom. The van der Waals surface area contributed by atoms with Crippen molar-refractivity contribution in [2.45, 2.75) is 52.1 Å². The van der Waals surface area contributed by atoms with Crippen molar-refractivity contribution in [1.29, 1.82) is 0 Å². The lowest BCUT2D eigenvalue weighted by molar-refractivity contribution is -0.138. The molecule has 0 radical (unpaired) electrons. The third kappa shape index (κ3) is 8.44. The van der Waals surface area contributed by atoms with Crippen LogP contribution in [0.4, 0.5) is 5.82 Å². The van der Waals surface area contributed by atoms with E-state index in [2.05, 4.69) is 30.1 Å². The molecule has 0 fully saturated rings. The van der Waals surface area contributed by atoms with Crippen LogP contribution in [0.25, 0.3) is 5.57 Å². The fraction of sp³-hybridized carbons (Fsp3) is 0.333. The Balaban J connectivity index is 1.96. The van der Waals surface area contributed by atoms with Crippen LogP contribution in [-0.4, -0.2) is 27.4 Å². The number of anilines is 1. The molecule has 1 aromatic carbocycles. The third-order valence-corrected chi connectivity index (χ3v) is 4.85. The van der Waals surface area contributed by atoms with Gasteiger partial charge in [0.15, 0.2) is 11.6 Å². The number of pyridine rings is 1. The van der Waals surface area contributed by atoms with Crippen molar-refractivity contribution in [2.75, 3.05) is 5.48 Å². The molecule has 0 aliphatic carbocycles. The van der Waals surface area contributed by atoms with E-state index in [0.717, 1.165) is 30.4 Å². The molecule has 0 spiro atoms. The predicted octanol–water partition coefficient (Wildman–Crippen LogP) is 6.29. The summed E-state index contributed by atoms with van der Waals surface area (Å²) < 4.78 is 5.84. The lowest BCUT2D eigenvalue weighted by Crippen LogP contribution is -2.21. The Hall–Kier alpha value is -2.83. The van der Waals surface area contributed by atoms with Crippen molar-refractivity contribution in [1.82, 2.24) is 4.98 Å². The Kier molecular flexibility index (Phi) is 10.1. The highest BCUT2D eigenvalue weighted by molar-refractivity contribution is 6.30. The number of carboxylic acid groups (broad SMARTS) is 1. The fourth-order valence-corrected chi connectivity index (χ4v) is 3.24. The van der Waals surface area contributed by atoms with Gasteiger partial charge in [-0.15, -0.1) is 0 Å². The normalized spacial score (nSPS) is 12.7. The standard InChI is InChI=1S/C24H29ClN2O4/c1-3-7-18(19-11-13-20(25)14-12-19)8-5-4-6-9-21(16-23(28)29)31-22-15-10-17(2)26-24(22)27-30/h5,7-8,10-15,21,30H,3-4,6,9,16H2,1-2H3,(H,26,27)(H,28,29)/b8-5-,18-7+. The Morgan fingerprint density at radius 2 is 2.00 bits per heavy atom.